The molecule has 1 aliphatic carbocycles. The summed E-state index contributed by atoms with van der Waals surface area (Å²) in [6.07, 6.45) is 6.19. The van der Waals surface area contributed by atoms with Crippen LogP contribution in [-0.2, 0) is 0 Å². The van der Waals surface area contributed by atoms with Crippen molar-refractivity contribution in [2.75, 3.05) is 26.7 Å². The average molecular weight is 239 g/mol. The number of piperazine rings is 1. The fourth-order valence-electron chi connectivity index (χ4n) is 2.95. The standard InChI is InChI=1S/C13H25N3O/c1-11-10-15(2)8-9-16(11)13(17)14-12-6-4-3-5-7-12/h11-12H,3-10H2,1-2H3,(H,14,17). The van der Waals surface area contributed by atoms with Crippen LogP contribution in [0.5, 0.6) is 0 Å². The van der Waals surface area contributed by atoms with Crippen LogP contribution in [0.1, 0.15) is 39.0 Å². The van der Waals surface area contributed by atoms with E-state index in [2.05, 4.69) is 24.2 Å². The van der Waals surface area contributed by atoms with Crippen molar-refractivity contribution in [2.45, 2.75) is 51.1 Å². The summed E-state index contributed by atoms with van der Waals surface area (Å²) in [6, 6.07) is 0.901. The third-order valence-electron chi connectivity index (χ3n) is 4.02. The molecule has 1 saturated carbocycles. The van der Waals surface area contributed by atoms with Crippen LogP contribution in [0.25, 0.3) is 0 Å². The maximum absolute atomic E-state index is 12.2. The van der Waals surface area contributed by atoms with Gasteiger partial charge in [0.1, 0.15) is 0 Å². The minimum absolute atomic E-state index is 0.150. The molecule has 0 aromatic rings. The SMILES string of the molecule is CC1CN(C)CCN1C(=O)NC1CCCCC1. The van der Waals surface area contributed by atoms with E-state index in [0.717, 1.165) is 32.5 Å². The van der Waals surface area contributed by atoms with E-state index in [1.54, 1.807) is 0 Å². The molecule has 2 amide bonds. The molecule has 4 nitrogen and oxygen atoms in total. The predicted octanol–water partition coefficient (Wildman–Crippen LogP) is 1.66. The van der Waals surface area contributed by atoms with Gasteiger partial charge in [0.25, 0.3) is 0 Å². The third kappa shape index (κ3) is 3.35. The fourth-order valence-corrected chi connectivity index (χ4v) is 2.95. The molecular formula is C13H25N3O. The zero-order valence-corrected chi connectivity index (χ0v) is 11.1. The van der Waals surface area contributed by atoms with Crippen LogP contribution >= 0.6 is 0 Å². The minimum atomic E-state index is 0.150. The second-order valence-electron chi connectivity index (χ2n) is 5.59. The molecule has 98 valence electrons. The quantitative estimate of drug-likeness (QED) is 0.755. The van der Waals surface area contributed by atoms with Crippen molar-refractivity contribution in [1.29, 1.82) is 0 Å². The van der Waals surface area contributed by atoms with Crippen LogP contribution in [0, 0.1) is 0 Å². The predicted molar refractivity (Wildman–Crippen MR) is 69.1 cm³/mol. The molecule has 2 aliphatic rings. The van der Waals surface area contributed by atoms with Crippen molar-refractivity contribution >= 4 is 6.03 Å². The third-order valence-corrected chi connectivity index (χ3v) is 4.02. The molecule has 1 heterocycles. The Labute approximate surface area is 104 Å². The molecule has 1 atom stereocenters. The van der Waals surface area contributed by atoms with Crippen molar-refractivity contribution in [2.24, 2.45) is 0 Å². The summed E-state index contributed by atoms with van der Waals surface area (Å²) in [5, 5.41) is 3.20. The van der Waals surface area contributed by atoms with E-state index in [1.165, 1.54) is 19.3 Å². The first kappa shape index (κ1) is 12.7. The highest BCUT2D eigenvalue weighted by Crippen LogP contribution is 2.18. The second kappa shape index (κ2) is 5.71. The van der Waals surface area contributed by atoms with Gasteiger partial charge in [-0.25, -0.2) is 4.79 Å². The van der Waals surface area contributed by atoms with E-state index < -0.39 is 0 Å². The lowest BCUT2D eigenvalue weighted by Crippen LogP contribution is -2.57. The number of nitrogens with zero attached hydrogens (tertiary/aromatic N) is 2. The maximum atomic E-state index is 12.2. The molecule has 1 unspecified atom stereocenters. The second-order valence-corrected chi connectivity index (χ2v) is 5.59. The smallest absolute Gasteiger partial charge is 0.317 e. The van der Waals surface area contributed by atoms with Gasteiger partial charge in [0.05, 0.1) is 0 Å². The van der Waals surface area contributed by atoms with Crippen LogP contribution < -0.4 is 5.32 Å². The Morgan fingerprint density at radius 3 is 2.53 bits per heavy atom. The number of rotatable bonds is 1. The van der Waals surface area contributed by atoms with Crippen LogP contribution in [0.2, 0.25) is 0 Å². The first-order valence-corrected chi connectivity index (χ1v) is 6.92. The van der Waals surface area contributed by atoms with Crippen molar-refractivity contribution < 1.29 is 4.79 Å². The van der Waals surface area contributed by atoms with Gasteiger partial charge in [0.2, 0.25) is 0 Å². The summed E-state index contributed by atoms with van der Waals surface area (Å²) in [6.45, 7) is 4.97. The zero-order valence-electron chi connectivity index (χ0n) is 11.1. The van der Waals surface area contributed by atoms with E-state index in [-0.39, 0.29) is 6.03 Å². The Balaban J connectivity index is 1.82. The highest BCUT2D eigenvalue weighted by Gasteiger charge is 2.27. The van der Waals surface area contributed by atoms with Gasteiger partial charge in [-0.15, -0.1) is 0 Å². The molecule has 2 rings (SSSR count). The summed E-state index contributed by atoms with van der Waals surface area (Å²) in [5.74, 6) is 0. The number of nitrogens with one attached hydrogen (secondary N) is 1. The van der Waals surface area contributed by atoms with Gasteiger partial charge < -0.3 is 15.1 Å². The number of urea groups is 1. The summed E-state index contributed by atoms with van der Waals surface area (Å²) >= 11 is 0. The number of hydrogen-bond donors (Lipinski definition) is 1. The summed E-state index contributed by atoms with van der Waals surface area (Å²) in [4.78, 5) is 16.5. The summed E-state index contributed by atoms with van der Waals surface area (Å²) in [5.41, 5.74) is 0. The molecule has 0 aromatic carbocycles. The maximum Gasteiger partial charge on any atom is 0.317 e. The summed E-state index contributed by atoms with van der Waals surface area (Å²) < 4.78 is 0. The van der Waals surface area contributed by atoms with E-state index >= 15 is 0 Å². The topological polar surface area (TPSA) is 35.6 Å². The molecule has 4 heteroatoms. The Kier molecular flexibility index (Phi) is 4.26. The molecule has 1 aliphatic heterocycles. The highest BCUT2D eigenvalue weighted by atomic mass is 16.2. The Bertz CT molecular complexity index is 263. The van der Waals surface area contributed by atoms with Gasteiger partial charge >= 0.3 is 6.03 Å². The summed E-state index contributed by atoms with van der Waals surface area (Å²) in [7, 11) is 2.12. The molecule has 0 radical (unpaired) electrons. The zero-order chi connectivity index (χ0) is 12.3. The van der Waals surface area contributed by atoms with Crippen LogP contribution in [0.3, 0.4) is 0 Å². The lowest BCUT2D eigenvalue weighted by molar-refractivity contribution is 0.113. The van der Waals surface area contributed by atoms with E-state index in [9.17, 15) is 4.79 Å². The first-order chi connectivity index (χ1) is 8.16. The van der Waals surface area contributed by atoms with Gasteiger partial charge in [0, 0.05) is 31.7 Å². The molecule has 17 heavy (non-hydrogen) atoms. The Morgan fingerprint density at radius 2 is 1.88 bits per heavy atom. The molecule has 0 bridgehead atoms. The molecular weight excluding hydrogens is 214 g/mol. The van der Waals surface area contributed by atoms with Crippen molar-refractivity contribution in [1.82, 2.24) is 15.1 Å². The van der Waals surface area contributed by atoms with Crippen molar-refractivity contribution in [3.8, 4) is 0 Å². The van der Waals surface area contributed by atoms with Crippen molar-refractivity contribution in [3.05, 3.63) is 0 Å². The number of hydrogen-bond acceptors (Lipinski definition) is 2. The van der Waals surface area contributed by atoms with E-state index in [4.69, 9.17) is 0 Å². The van der Waals surface area contributed by atoms with Gasteiger partial charge in [-0.1, -0.05) is 19.3 Å². The van der Waals surface area contributed by atoms with Crippen molar-refractivity contribution in [3.63, 3.8) is 0 Å². The molecule has 1 saturated heterocycles. The largest absolute Gasteiger partial charge is 0.335 e. The fraction of sp³-hybridized carbons (Fsp3) is 0.923. The van der Waals surface area contributed by atoms with Crippen LogP contribution in [0.15, 0.2) is 0 Å². The first-order valence-electron chi connectivity index (χ1n) is 6.92. The molecule has 0 aromatic heterocycles. The number of amides is 2. The number of carbonyl (C=O) groups excluding carboxylic acids is 1. The number of carbonyl (C=O) groups is 1. The van der Waals surface area contributed by atoms with Crippen LogP contribution in [-0.4, -0.2) is 54.6 Å². The monoisotopic (exact) mass is 239 g/mol. The highest BCUT2D eigenvalue weighted by molar-refractivity contribution is 5.75. The van der Waals surface area contributed by atoms with E-state index in [1.807, 2.05) is 4.90 Å². The minimum Gasteiger partial charge on any atom is -0.335 e. The van der Waals surface area contributed by atoms with Crippen LogP contribution in [0.4, 0.5) is 4.79 Å². The Morgan fingerprint density at radius 1 is 1.18 bits per heavy atom. The normalized spacial score (nSPS) is 28.1. The number of likely N-dealkylation sites (N-methyl/N-ethyl adjacent to an activating group) is 1. The van der Waals surface area contributed by atoms with Gasteiger partial charge in [0.15, 0.2) is 0 Å². The van der Waals surface area contributed by atoms with Gasteiger partial charge in [-0.3, -0.25) is 0 Å². The lowest BCUT2D eigenvalue weighted by Gasteiger charge is -2.39. The van der Waals surface area contributed by atoms with Gasteiger partial charge in [-0.2, -0.15) is 0 Å². The van der Waals surface area contributed by atoms with Gasteiger partial charge in [-0.05, 0) is 26.8 Å². The molecule has 1 N–H and O–H groups in total. The molecule has 0 spiro atoms. The average Bonchev–Trinajstić information content (AvgIpc) is 2.30. The molecule has 2 fully saturated rings. The lowest BCUT2D eigenvalue weighted by atomic mass is 9.96. The Hall–Kier alpha value is -0.770. The van der Waals surface area contributed by atoms with E-state index in [0.29, 0.717) is 12.1 Å².